The molecule has 0 fully saturated rings. The number of carbonyl (C=O) groups is 1. The number of halogens is 2. The first-order chi connectivity index (χ1) is 13.1. The SMILES string of the molecule is O=C(NCCCc1ccccc1)c1ccc(Nc2c(F)cccc2F)nc1. The van der Waals surface area contributed by atoms with Gasteiger partial charge >= 0.3 is 0 Å². The van der Waals surface area contributed by atoms with Gasteiger partial charge in [-0.25, -0.2) is 13.8 Å². The molecule has 2 aromatic carbocycles. The molecule has 2 N–H and O–H groups in total. The van der Waals surface area contributed by atoms with E-state index in [9.17, 15) is 13.6 Å². The summed E-state index contributed by atoms with van der Waals surface area (Å²) in [5, 5.41) is 5.42. The van der Waals surface area contributed by atoms with E-state index in [0.717, 1.165) is 25.0 Å². The molecule has 0 aliphatic rings. The van der Waals surface area contributed by atoms with Gasteiger partial charge in [0, 0.05) is 12.7 Å². The van der Waals surface area contributed by atoms with Crippen LogP contribution in [0.2, 0.25) is 0 Å². The second-order valence-electron chi connectivity index (χ2n) is 6.00. The molecule has 3 rings (SSSR count). The van der Waals surface area contributed by atoms with Crippen LogP contribution in [0.25, 0.3) is 0 Å². The van der Waals surface area contributed by atoms with E-state index in [4.69, 9.17) is 0 Å². The first kappa shape index (κ1) is 18.5. The Kier molecular flexibility index (Phi) is 6.10. The van der Waals surface area contributed by atoms with E-state index in [1.807, 2.05) is 18.2 Å². The summed E-state index contributed by atoms with van der Waals surface area (Å²) in [7, 11) is 0. The second-order valence-corrected chi connectivity index (χ2v) is 6.00. The van der Waals surface area contributed by atoms with E-state index < -0.39 is 11.6 Å². The minimum Gasteiger partial charge on any atom is -0.352 e. The number of hydrogen-bond donors (Lipinski definition) is 2. The number of nitrogens with one attached hydrogen (secondary N) is 2. The van der Waals surface area contributed by atoms with Crippen molar-refractivity contribution in [1.29, 1.82) is 0 Å². The summed E-state index contributed by atoms with van der Waals surface area (Å²) in [5.41, 5.74) is 1.33. The first-order valence-corrected chi connectivity index (χ1v) is 8.63. The van der Waals surface area contributed by atoms with E-state index in [2.05, 4.69) is 27.8 Å². The standard InChI is InChI=1S/C21H19F2N3O/c22-17-9-4-10-18(23)20(17)26-19-12-11-16(14-25-19)21(27)24-13-5-8-15-6-2-1-3-7-15/h1-4,6-7,9-12,14H,5,8,13H2,(H,24,27)(H,25,26). The fourth-order valence-electron chi connectivity index (χ4n) is 2.59. The lowest BCUT2D eigenvalue weighted by atomic mass is 10.1. The van der Waals surface area contributed by atoms with Gasteiger partial charge in [-0.2, -0.15) is 0 Å². The number of anilines is 2. The van der Waals surface area contributed by atoms with Crippen LogP contribution in [0.5, 0.6) is 0 Å². The van der Waals surface area contributed by atoms with Crippen LogP contribution >= 0.6 is 0 Å². The highest BCUT2D eigenvalue weighted by Crippen LogP contribution is 2.21. The van der Waals surface area contributed by atoms with Crippen LogP contribution in [0, 0.1) is 11.6 Å². The molecule has 0 bridgehead atoms. The predicted octanol–water partition coefficient (Wildman–Crippen LogP) is 4.47. The maximum absolute atomic E-state index is 13.6. The summed E-state index contributed by atoms with van der Waals surface area (Å²) in [5.74, 6) is -1.41. The Bertz CT molecular complexity index is 879. The highest BCUT2D eigenvalue weighted by atomic mass is 19.1. The minimum absolute atomic E-state index is 0.237. The van der Waals surface area contributed by atoms with Gasteiger partial charge < -0.3 is 10.6 Å². The van der Waals surface area contributed by atoms with Gasteiger partial charge in [-0.05, 0) is 42.7 Å². The summed E-state index contributed by atoms with van der Waals surface area (Å²) in [4.78, 5) is 16.2. The van der Waals surface area contributed by atoms with Crippen molar-refractivity contribution < 1.29 is 13.6 Å². The lowest BCUT2D eigenvalue weighted by Gasteiger charge is -2.09. The van der Waals surface area contributed by atoms with E-state index >= 15 is 0 Å². The Morgan fingerprint density at radius 2 is 1.67 bits per heavy atom. The smallest absolute Gasteiger partial charge is 0.252 e. The van der Waals surface area contributed by atoms with Gasteiger partial charge in [0.25, 0.3) is 5.91 Å². The molecule has 0 saturated carbocycles. The molecular weight excluding hydrogens is 348 g/mol. The number of amides is 1. The summed E-state index contributed by atoms with van der Waals surface area (Å²) in [6.45, 7) is 0.550. The van der Waals surface area contributed by atoms with Crippen LogP contribution in [0.3, 0.4) is 0 Å². The second kappa shape index (κ2) is 8.89. The Morgan fingerprint density at radius 3 is 2.33 bits per heavy atom. The molecule has 1 amide bonds. The molecular formula is C21H19F2N3O. The van der Waals surface area contributed by atoms with Crippen LogP contribution in [-0.4, -0.2) is 17.4 Å². The van der Waals surface area contributed by atoms with Crippen molar-refractivity contribution in [2.45, 2.75) is 12.8 Å². The Labute approximate surface area is 156 Å². The third-order valence-corrected chi connectivity index (χ3v) is 4.01. The van der Waals surface area contributed by atoms with Gasteiger partial charge in [0.2, 0.25) is 0 Å². The van der Waals surface area contributed by atoms with Crippen LogP contribution in [-0.2, 0) is 6.42 Å². The molecule has 6 heteroatoms. The summed E-state index contributed by atoms with van der Waals surface area (Å²) in [6, 6.07) is 16.7. The highest BCUT2D eigenvalue weighted by molar-refractivity contribution is 5.94. The molecule has 0 aliphatic carbocycles. The molecule has 0 unspecified atom stereocenters. The van der Waals surface area contributed by atoms with Crippen molar-refractivity contribution >= 4 is 17.4 Å². The zero-order valence-electron chi connectivity index (χ0n) is 14.6. The molecule has 27 heavy (non-hydrogen) atoms. The molecule has 0 atom stereocenters. The maximum Gasteiger partial charge on any atom is 0.252 e. The molecule has 4 nitrogen and oxygen atoms in total. The average Bonchev–Trinajstić information content (AvgIpc) is 2.69. The predicted molar refractivity (Wildman–Crippen MR) is 101 cm³/mol. The van der Waals surface area contributed by atoms with Gasteiger partial charge in [0.15, 0.2) is 0 Å². The van der Waals surface area contributed by atoms with Gasteiger partial charge in [-0.15, -0.1) is 0 Å². The number of nitrogens with zero attached hydrogens (tertiary/aromatic N) is 1. The van der Waals surface area contributed by atoms with Crippen molar-refractivity contribution in [2.75, 3.05) is 11.9 Å². The topological polar surface area (TPSA) is 54.0 Å². The van der Waals surface area contributed by atoms with E-state index in [1.54, 1.807) is 6.07 Å². The van der Waals surface area contributed by atoms with Crippen LogP contribution in [0.1, 0.15) is 22.3 Å². The summed E-state index contributed by atoms with van der Waals surface area (Å²) >= 11 is 0. The zero-order chi connectivity index (χ0) is 19.1. The monoisotopic (exact) mass is 367 g/mol. The third-order valence-electron chi connectivity index (χ3n) is 4.01. The summed E-state index contributed by atoms with van der Waals surface area (Å²) < 4.78 is 27.3. The van der Waals surface area contributed by atoms with Crippen LogP contribution in [0.15, 0.2) is 66.9 Å². The van der Waals surface area contributed by atoms with Crippen molar-refractivity contribution in [3.8, 4) is 0 Å². The van der Waals surface area contributed by atoms with Crippen molar-refractivity contribution in [3.05, 3.63) is 89.6 Å². The minimum atomic E-state index is -0.711. The van der Waals surface area contributed by atoms with E-state index in [0.29, 0.717) is 12.1 Å². The van der Waals surface area contributed by atoms with Crippen molar-refractivity contribution in [2.24, 2.45) is 0 Å². The van der Waals surface area contributed by atoms with Gasteiger partial charge in [0.05, 0.1) is 5.56 Å². The molecule has 0 aliphatic heterocycles. The quantitative estimate of drug-likeness (QED) is 0.606. The van der Waals surface area contributed by atoms with E-state index in [1.165, 1.54) is 23.9 Å². The Hall–Kier alpha value is -3.28. The maximum atomic E-state index is 13.6. The fraction of sp³-hybridized carbons (Fsp3) is 0.143. The normalized spacial score (nSPS) is 10.4. The molecule has 0 spiro atoms. The number of aromatic nitrogens is 1. The van der Waals surface area contributed by atoms with Gasteiger partial charge in [0.1, 0.15) is 23.1 Å². The fourth-order valence-corrected chi connectivity index (χ4v) is 2.59. The third kappa shape index (κ3) is 5.10. The molecule has 0 saturated heterocycles. The van der Waals surface area contributed by atoms with Crippen LogP contribution in [0.4, 0.5) is 20.3 Å². The molecule has 0 radical (unpaired) electrons. The Morgan fingerprint density at radius 1 is 0.926 bits per heavy atom. The lowest BCUT2D eigenvalue weighted by molar-refractivity contribution is 0.0953. The zero-order valence-corrected chi connectivity index (χ0v) is 14.6. The number of hydrogen-bond acceptors (Lipinski definition) is 3. The molecule has 1 aromatic heterocycles. The number of benzene rings is 2. The van der Waals surface area contributed by atoms with Crippen LogP contribution < -0.4 is 10.6 Å². The number of aryl methyl sites for hydroxylation is 1. The summed E-state index contributed by atoms with van der Waals surface area (Å²) in [6.07, 6.45) is 3.08. The average molecular weight is 367 g/mol. The number of carbonyl (C=O) groups excluding carboxylic acids is 1. The highest BCUT2D eigenvalue weighted by Gasteiger charge is 2.10. The van der Waals surface area contributed by atoms with Crippen molar-refractivity contribution in [1.82, 2.24) is 10.3 Å². The van der Waals surface area contributed by atoms with Gasteiger partial charge in [-0.1, -0.05) is 36.4 Å². The Balaban J connectivity index is 1.51. The molecule has 138 valence electrons. The largest absolute Gasteiger partial charge is 0.352 e. The van der Waals surface area contributed by atoms with E-state index in [-0.39, 0.29) is 17.4 Å². The lowest BCUT2D eigenvalue weighted by Crippen LogP contribution is -2.24. The number of para-hydroxylation sites is 1. The van der Waals surface area contributed by atoms with Crippen molar-refractivity contribution in [3.63, 3.8) is 0 Å². The van der Waals surface area contributed by atoms with Gasteiger partial charge in [-0.3, -0.25) is 4.79 Å². The molecule has 3 aromatic rings. The number of rotatable bonds is 7. The first-order valence-electron chi connectivity index (χ1n) is 8.63. The molecule has 1 heterocycles. The number of pyridine rings is 1.